The third kappa shape index (κ3) is 4.49. The fourth-order valence-electron chi connectivity index (χ4n) is 1.48. The van der Waals surface area contributed by atoms with Crippen molar-refractivity contribution in [2.45, 2.75) is 18.2 Å². The highest BCUT2D eigenvalue weighted by molar-refractivity contribution is 7.99. The maximum atomic E-state index is 8.36. The predicted molar refractivity (Wildman–Crippen MR) is 73.7 cm³/mol. The lowest BCUT2D eigenvalue weighted by Crippen LogP contribution is -1.77. The molecule has 0 aliphatic carbocycles. The molecule has 3 heteroatoms. The molecule has 0 spiro atoms. The summed E-state index contributed by atoms with van der Waals surface area (Å²) in [5.74, 6) is 1.21. The molecule has 2 aromatic carbocycles. The Hall–Kier alpha value is -1.48. The first-order chi connectivity index (χ1) is 8.31. The highest BCUT2D eigenvalue weighted by atomic mass is 32.2. The van der Waals surface area contributed by atoms with Crippen molar-refractivity contribution in [3.05, 3.63) is 42.5 Å². The van der Waals surface area contributed by atoms with Gasteiger partial charge in [0.2, 0.25) is 0 Å². The van der Waals surface area contributed by atoms with Gasteiger partial charge in [0, 0.05) is 4.90 Å². The van der Waals surface area contributed by atoms with Gasteiger partial charge in [-0.05, 0) is 35.1 Å². The van der Waals surface area contributed by atoms with Crippen LogP contribution in [0.25, 0.3) is 10.8 Å². The molecule has 1 N–H and O–H groups in total. The van der Waals surface area contributed by atoms with E-state index in [0.29, 0.717) is 0 Å². The smallest absolute Gasteiger partial charge is 0.290 e. The predicted octanol–water partition coefficient (Wildman–Crippen LogP) is 4.04. The van der Waals surface area contributed by atoms with Gasteiger partial charge in [-0.1, -0.05) is 37.3 Å². The number of hydrogen-bond acceptors (Lipinski definition) is 2. The van der Waals surface area contributed by atoms with Gasteiger partial charge in [0.25, 0.3) is 6.47 Å². The zero-order chi connectivity index (χ0) is 12.5. The maximum absolute atomic E-state index is 8.36. The molecule has 0 aromatic heterocycles. The minimum atomic E-state index is -0.250. The van der Waals surface area contributed by atoms with Crippen LogP contribution in [0, 0.1) is 0 Å². The Kier molecular flexibility index (Phi) is 6.18. The highest BCUT2D eigenvalue weighted by Crippen LogP contribution is 2.23. The van der Waals surface area contributed by atoms with Crippen LogP contribution in [0.2, 0.25) is 0 Å². The van der Waals surface area contributed by atoms with E-state index in [4.69, 9.17) is 9.90 Å². The molecule has 17 heavy (non-hydrogen) atoms. The molecule has 0 aliphatic rings. The maximum Gasteiger partial charge on any atom is 0.290 e. The van der Waals surface area contributed by atoms with Crippen LogP contribution in [0.15, 0.2) is 47.4 Å². The molecule has 0 aliphatic heterocycles. The quantitative estimate of drug-likeness (QED) is 0.658. The second-order valence-corrected chi connectivity index (χ2v) is 4.63. The van der Waals surface area contributed by atoms with Crippen LogP contribution >= 0.6 is 11.8 Å². The van der Waals surface area contributed by atoms with Gasteiger partial charge in [0.05, 0.1) is 0 Å². The minimum Gasteiger partial charge on any atom is -0.483 e. The van der Waals surface area contributed by atoms with Gasteiger partial charge >= 0.3 is 0 Å². The summed E-state index contributed by atoms with van der Waals surface area (Å²) in [5.41, 5.74) is 0. The number of benzene rings is 2. The van der Waals surface area contributed by atoms with Gasteiger partial charge < -0.3 is 5.11 Å². The fourth-order valence-corrected chi connectivity index (χ4v) is 2.29. The molecule has 0 radical (unpaired) electrons. The van der Waals surface area contributed by atoms with E-state index < -0.39 is 0 Å². The monoisotopic (exact) mass is 248 g/mol. The van der Waals surface area contributed by atoms with Crippen molar-refractivity contribution in [1.82, 2.24) is 0 Å². The van der Waals surface area contributed by atoms with Crippen LogP contribution in [0.1, 0.15) is 13.3 Å². The zero-order valence-corrected chi connectivity index (χ0v) is 10.6. The summed E-state index contributed by atoms with van der Waals surface area (Å²) in [5, 5.41) is 9.56. The van der Waals surface area contributed by atoms with Gasteiger partial charge in [-0.3, -0.25) is 4.79 Å². The lowest BCUT2D eigenvalue weighted by Gasteiger charge is -2.02. The molecule has 0 saturated carbocycles. The Balaban J connectivity index is 0.000000437. The number of thioether (sulfide) groups is 1. The molecule has 0 amide bonds. The van der Waals surface area contributed by atoms with Gasteiger partial charge in [-0.25, -0.2) is 0 Å². The Morgan fingerprint density at radius 1 is 1.18 bits per heavy atom. The first kappa shape index (κ1) is 13.6. The molecule has 2 rings (SSSR count). The van der Waals surface area contributed by atoms with Crippen LogP contribution in [-0.4, -0.2) is 17.3 Å². The number of carboxylic acid groups (broad SMARTS) is 1. The summed E-state index contributed by atoms with van der Waals surface area (Å²) in [6.45, 7) is 1.97. The van der Waals surface area contributed by atoms with E-state index in [1.165, 1.54) is 27.8 Å². The third-order valence-corrected chi connectivity index (χ3v) is 3.39. The molecule has 0 saturated heterocycles. The Morgan fingerprint density at radius 3 is 2.47 bits per heavy atom. The molecule has 0 heterocycles. The summed E-state index contributed by atoms with van der Waals surface area (Å²) in [6, 6.07) is 15.2. The van der Waals surface area contributed by atoms with Crippen molar-refractivity contribution < 1.29 is 9.90 Å². The first-order valence-electron chi connectivity index (χ1n) is 5.51. The van der Waals surface area contributed by atoms with Crippen molar-refractivity contribution in [2.24, 2.45) is 0 Å². The van der Waals surface area contributed by atoms with Crippen LogP contribution in [0.3, 0.4) is 0 Å². The molecule has 0 bridgehead atoms. The fraction of sp³-hybridized carbons (Fsp3) is 0.214. The summed E-state index contributed by atoms with van der Waals surface area (Å²) in [7, 11) is 0. The van der Waals surface area contributed by atoms with Crippen LogP contribution < -0.4 is 0 Å². The second kappa shape index (κ2) is 7.74. The van der Waals surface area contributed by atoms with E-state index in [1.807, 2.05) is 11.8 Å². The van der Waals surface area contributed by atoms with Gasteiger partial charge in [0.15, 0.2) is 0 Å². The van der Waals surface area contributed by atoms with Crippen LogP contribution in [0.4, 0.5) is 0 Å². The van der Waals surface area contributed by atoms with E-state index in [0.717, 1.165) is 0 Å². The average Bonchev–Trinajstić information content (AvgIpc) is 2.37. The average molecular weight is 248 g/mol. The van der Waals surface area contributed by atoms with Gasteiger partial charge in [0.1, 0.15) is 0 Å². The Bertz CT molecular complexity index is 468. The van der Waals surface area contributed by atoms with Gasteiger partial charge in [-0.2, -0.15) is 0 Å². The summed E-state index contributed by atoms with van der Waals surface area (Å²) in [6.07, 6.45) is 1.23. The number of carbonyl (C=O) groups is 1. The largest absolute Gasteiger partial charge is 0.483 e. The second-order valence-electron chi connectivity index (χ2n) is 3.46. The summed E-state index contributed by atoms with van der Waals surface area (Å²) in [4.78, 5) is 9.74. The molecule has 90 valence electrons. The zero-order valence-electron chi connectivity index (χ0n) is 9.80. The molecule has 2 nitrogen and oxygen atoms in total. The lowest BCUT2D eigenvalue weighted by molar-refractivity contribution is -0.122. The SMILES string of the molecule is CCCSc1ccc2ccccc2c1.O=CO. The Labute approximate surface area is 106 Å². The van der Waals surface area contributed by atoms with Crippen LogP contribution in [0.5, 0.6) is 0 Å². The third-order valence-electron chi connectivity index (χ3n) is 2.19. The molecule has 2 aromatic rings. The number of hydrogen-bond donors (Lipinski definition) is 1. The van der Waals surface area contributed by atoms with Crippen molar-refractivity contribution in [1.29, 1.82) is 0 Å². The summed E-state index contributed by atoms with van der Waals surface area (Å²) < 4.78 is 0. The van der Waals surface area contributed by atoms with Crippen molar-refractivity contribution >= 4 is 29.0 Å². The number of fused-ring (bicyclic) bond motifs is 1. The first-order valence-corrected chi connectivity index (χ1v) is 6.49. The highest BCUT2D eigenvalue weighted by Gasteiger charge is 1.95. The molecular formula is C14H16O2S. The number of rotatable bonds is 3. The van der Waals surface area contributed by atoms with Crippen molar-refractivity contribution in [3.8, 4) is 0 Å². The molecule has 0 fully saturated rings. The van der Waals surface area contributed by atoms with E-state index in [-0.39, 0.29) is 6.47 Å². The lowest BCUT2D eigenvalue weighted by atomic mass is 10.1. The van der Waals surface area contributed by atoms with Crippen molar-refractivity contribution in [2.75, 3.05) is 5.75 Å². The summed E-state index contributed by atoms with van der Waals surface area (Å²) >= 11 is 1.94. The molecule has 0 atom stereocenters. The van der Waals surface area contributed by atoms with E-state index >= 15 is 0 Å². The normalized spacial score (nSPS) is 9.47. The van der Waals surface area contributed by atoms with Gasteiger partial charge in [-0.15, -0.1) is 11.8 Å². The molecular weight excluding hydrogens is 232 g/mol. The standard InChI is InChI=1S/C13H14S.CH2O2/c1-2-9-14-13-8-7-11-5-3-4-6-12(11)10-13;2-1-3/h3-8,10H,2,9H2,1H3;1H,(H,2,3). The van der Waals surface area contributed by atoms with Crippen molar-refractivity contribution in [3.63, 3.8) is 0 Å². The van der Waals surface area contributed by atoms with E-state index in [1.54, 1.807) is 0 Å². The van der Waals surface area contributed by atoms with Crippen LogP contribution in [-0.2, 0) is 4.79 Å². The molecule has 0 unspecified atom stereocenters. The topological polar surface area (TPSA) is 37.3 Å². The van der Waals surface area contributed by atoms with E-state index in [2.05, 4.69) is 49.4 Å². The Morgan fingerprint density at radius 2 is 1.82 bits per heavy atom. The minimum absolute atomic E-state index is 0.250. The van der Waals surface area contributed by atoms with E-state index in [9.17, 15) is 0 Å².